The van der Waals surface area contributed by atoms with Gasteiger partial charge in [0.25, 0.3) is 0 Å². The summed E-state index contributed by atoms with van der Waals surface area (Å²) in [5.41, 5.74) is 1.06. The van der Waals surface area contributed by atoms with E-state index in [9.17, 15) is 5.11 Å². The van der Waals surface area contributed by atoms with Gasteiger partial charge in [-0.25, -0.2) is 0 Å². The Balaban J connectivity index is 1.94. The summed E-state index contributed by atoms with van der Waals surface area (Å²) < 4.78 is 0. The van der Waals surface area contributed by atoms with Gasteiger partial charge < -0.3 is 5.11 Å². The lowest BCUT2D eigenvalue weighted by molar-refractivity contribution is 0.280. The molecule has 0 spiro atoms. The van der Waals surface area contributed by atoms with Crippen molar-refractivity contribution < 1.29 is 5.11 Å². The van der Waals surface area contributed by atoms with Crippen LogP contribution in [0, 0.1) is 0 Å². The first-order valence-electron chi connectivity index (χ1n) is 7.82. The molecule has 22 heavy (non-hydrogen) atoms. The van der Waals surface area contributed by atoms with Crippen molar-refractivity contribution in [2.75, 3.05) is 13.1 Å². The van der Waals surface area contributed by atoms with Gasteiger partial charge in [-0.1, -0.05) is 36.4 Å². The van der Waals surface area contributed by atoms with E-state index in [0.29, 0.717) is 5.75 Å². The summed E-state index contributed by atoms with van der Waals surface area (Å²) in [4.78, 5) is 3.82. The first-order valence-corrected chi connectivity index (χ1v) is 8.70. The molecule has 1 aliphatic rings. The van der Waals surface area contributed by atoms with Gasteiger partial charge >= 0.3 is 0 Å². The average molecular weight is 309 g/mol. The summed E-state index contributed by atoms with van der Waals surface area (Å²) in [6.45, 7) is 2.20. The molecule has 2 heterocycles. The summed E-state index contributed by atoms with van der Waals surface area (Å²) in [7, 11) is 0. The van der Waals surface area contributed by atoms with Crippen LogP contribution in [-0.4, -0.2) is 23.1 Å². The van der Waals surface area contributed by atoms with E-state index in [1.54, 1.807) is 11.3 Å². The highest BCUT2D eigenvalue weighted by Gasteiger charge is 2.29. The van der Waals surface area contributed by atoms with Crippen LogP contribution in [0.3, 0.4) is 0 Å². The SMILES string of the molecule is Oc1ccc2ccccc2c1C(c1cccs1)N1CCCC1. The molecule has 1 atom stereocenters. The van der Waals surface area contributed by atoms with Crippen LogP contribution in [0.2, 0.25) is 0 Å². The van der Waals surface area contributed by atoms with E-state index in [0.717, 1.165) is 24.0 Å². The van der Waals surface area contributed by atoms with Crippen molar-refractivity contribution in [3.63, 3.8) is 0 Å². The molecule has 1 unspecified atom stereocenters. The van der Waals surface area contributed by atoms with Crippen molar-refractivity contribution in [2.45, 2.75) is 18.9 Å². The van der Waals surface area contributed by atoms with Crippen LogP contribution in [0.4, 0.5) is 0 Å². The third-order valence-corrected chi connectivity index (χ3v) is 5.46. The Morgan fingerprint density at radius 1 is 0.955 bits per heavy atom. The lowest BCUT2D eigenvalue weighted by Crippen LogP contribution is -2.26. The molecule has 0 aliphatic carbocycles. The predicted molar refractivity (Wildman–Crippen MR) is 92.6 cm³/mol. The minimum Gasteiger partial charge on any atom is -0.508 e. The van der Waals surface area contributed by atoms with Gasteiger partial charge in [0, 0.05) is 10.4 Å². The summed E-state index contributed by atoms with van der Waals surface area (Å²) in [5, 5.41) is 15.1. The maximum atomic E-state index is 10.6. The molecular formula is C19H19NOS. The van der Waals surface area contributed by atoms with Crippen LogP contribution >= 0.6 is 11.3 Å². The fourth-order valence-corrected chi connectivity index (χ4v) is 4.39. The summed E-state index contributed by atoms with van der Waals surface area (Å²) >= 11 is 1.78. The smallest absolute Gasteiger partial charge is 0.121 e. The molecule has 3 aromatic rings. The van der Waals surface area contributed by atoms with E-state index in [1.807, 2.05) is 12.1 Å². The predicted octanol–water partition coefficient (Wildman–Crippen LogP) is 4.79. The highest BCUT2D eigenvalue weighted by Crippen LogP contribution is 2.41. The molecule has 2 aromatic carbocycles. The summed E-state index contributed by atoms with van der Waals surface area (Å²) in [5.74, 6) is 0.406. The van der Waals surface area contributed by atoms with Gasteiger partial charge in [-0.2, -0.15) is 0 Å². The number of phenols is 1. The van der Waals surface area contributed by atoms with Crippen molar-refractivity contribution in [3.05, 3.63) is 64.4 Å². The van der Waals surface area contributed by atoms with Crippen molar-refractivity contribution in [1.82, 2.24) is 4.90 Å². The van der Waals surface area contributed by atoms with Crippen LogP contribution in [0.15, 0.2) is 53.9 Å². The Morgan fingerprint density at radius 3 is 2.55 bits per heavy atom. The average Bonchev–Trinajstić information content (AvgIpc) is 3.24. The van der Waals surface area contributed by atoms with Crippen molar-refractivity contribution in [3.8, 4) is 5.75 Å². The van der Waals surface area contributed by atoms with Gasteiger partial charge in [-0.3, -0.25) is 4.90 Å². The van der Waals surface area contributed by atoms with Crippen LogP contribution in [0.1, 0.15) is 29.3 Å². The van der Waals surface area contributed by atoms with Gasteiger partial charge in [0.05, 0.1) is 6.04 Å². The molecule has 1 N–H and O–H groups in total. The Morgan fingerprint density at radius 2 is 1.77 bits per heavy atom. The fourth-order valence-electron chi connectivity index (χ4n) is 3.52. The molecule has 1 fully saturated rings. The second-order valence-corrected chi connectivity index (χ2v) is 6.86. The number of hydrogen-bond acceptors (Lipinski definition) is 3. The molecule has 2 nitrogen and oxygen atoms in total. The number of phenolic OH excluding ortho intramolecular Hbond substituents is 1. The maximum Gasteiger partial charge on any atom is 0.121 e. The van der Waals surface area contributed by atoms with E-state index >= 15 is 0 Å². The van der Waals surface area contributed by atoms with E-state index < -0.39 is 0 Å². The quantitative estimate of drug-likeness (QED) is 0.752. The lowest BCUT2D eigenvalue weighted by Gasteiger charge is -2.28. The topological polar surface area (TPSA) is 23.5 Å². The van der Waals surface area contributed by atoms with Gasteiger partial charge in [0.2, 0.25) is 0 Å². The van der Waals surface area contributed by atoms with E-state index in [-0.39, 0.29) is 6.04 Å². The number of rotatable bonds is 3. The van der Waals surface area contributed by atoms with E-state index in [1.165, 1.54) is 23.1 Å². The van der Waals surface area contributed by atoms with Gasteiger partial charge in [0.15, 0.2) is 0 Å². The van der Waals surface area contributed by atoms with Crippen LogP contribution < -0.4 is 0 Å². The molecule has 0 bridgehead atoms. The number of benzene rings is 2. The van der Waals surface area contributed by atoms with Crippen LogP contribution in [0.25, 0.3) is 10.8 Å². The standard InChI is InChI=1S/C19H19NOS/c21-16-10-9-14-6-1-2-7-15(14)18(16)19(17-8-5-13-22-17)20-11-3-4-12-20/h1-2,5-10,13,19,21H,3-4,11-12H2. The summed E-state index contributed by atoms with van der Waals surface area (Å²) in [6, 6.07) is 16.7. The molecule has 3 heteroatoms. The third kappa shape index (κ3) is 2.31. The maximum absolute atomic E-state index is 10.6. The third-order valence-electron chi connectivity index (χ3n) is 4.54. The molecule has 4 rings (SSSR count). The molecule has 1 aromatic heterocycles. The van der Waals surface area contributed by atoms with Crippen LogP contribution in [0.5, 0.6) is 5.75 Å². The monoisotopic (exact) mass is 309 g/mol. The molecule has 1 saturated heterocycles. The zero-order chi connectivity index (χ0) is 14.9. The number of thiophene rings is 1. The van der Waals surface area contributed by atoms with Crippen LogP contribution in [-0.2, 0) is 0 Å². The zero-order valence-electron chi connectivity index (χ0n) is 12.4. The molecule has 0 radical (unpaired) electrons. The highest BCUT2D eigenvalue weighted by atomic mass is 32.1. The fraction of sp³-hybridized carbons (Fsp3) is 0.263. The molecule has 1 aliphatic heterocycles. The molecule has 0 amide bonds. The number of nitrogens with zero attached hydrogens (tertiary/aromatic N) is 1. The van der Waals surface area contributed by atoms with E-state index in [4.69, 9.17) is 0 Å². The molecular weight excluding hydrogens is 290 g/mol. The zero-order valence-corrected chi connectivity index (χ0v) is 13.2. The molecule has 0 saturated carbocycles. The first kappa shape index (κ1) is 13.8. The Kier molecular flexibility index (Phi) is 3.60. The number of hydrogen-bond donors (Lipinski definition) is 1. The van der Waals surface area contributed by atoms with Crippen molar-refractivity contribution in [1.29, 1.82) is 0 Å². The van der Waals surface area contributed by atoms with E-state index in [2.05, 4.69) is 46.7 Å². The largest absolute Gasteiger partial charge is 0.508 e. The first-order chi connectivity index (χ1) is 10.8. The lowest BCUT2D eigenvalue weighted by atomic mass is 9.95. The molecule has 112 valence electrons. The van der Waals surface area contributed by atoms with Crippen molar-refractivity contribution >= 4 is 22.1 Å². The van der Waals surface area contributed by atoms with Gasteiger partial charge in [-0.15, -0.1) is 11.3 Å². The Hall–Kier alpha value is -1.84. The number of aromatic hydroxyl groups is 1. The van der Waals surface area contributed by atoms with Gasteiger partial charge in [-0.05, 0) is 54.2 Å². The van der Waals surface area contributed by atoms with Gasteiger partial charge in [0.1, 0.15) is 5.75 Å². The second-order valence-electron chi connectivity index (χ2n) is 5.88. The number of fused-ring (bicyclic) bond motifs is 1. The highest BCUT2D eigenvalue weighted by molar-refractivity contribution is 7.10. The normalized spacial score (nSPS) is 17.1. The minimum atomic E-state index is 0.161. The number of likely N-dealkylation sites (tertiary alicyclic amines) is 1. The summed E-state index contributed by atoms with van der Waals surface area (Å²) in [6.07, 6.45) is 2.49. The second kappa shape index (κ2) is 5.75. The minimum absolute atomic E-state index is 0.161. The van der Waals surface area contributed by atoms with Crippen molar-refractivity contribution in [2.24, 2.45) is 0 Å². The Labute approximate surface area is 134 Å². The Bertz CT molecular complexity index is 775.